The third kappa shape index (κ3) is 2.39. The molecule has 1 aliphatic heterocycles. The highest BCUT2D eigenvalue weighted by molar-refractivity contribution is 5.34. The van der Waals surface area contributed by atoms with Gasteiger partial charge in [0.25, 0.3) is 0 Å². The van der Waals surface area contributed by atoms with Gasteiger partial charge < -0.3 is 10.5 Å². The molecule has 2 heteroatoms. The molecule has 1 heterocycles. The van der Waals surface area contributed by atoms with Gasteiger partial charge in [-0.1, -0.05) is 25.1 Å². The van der Waals surface area contributed by atoms with Gasteiger partial charge >= 0.3 is 0 Å². The Kier molecular flexibility index (Phi) is 3.39. The van der Waals surface area contributed by atoms with E-state index in [-0.39, 0.29) is 0 Å². The molecule has 0 saturated heterocycles. The largest absolute Gasteiger partial charge is 0.376 e. The average Bonchev–Trinajstić information content (AvgIpc) is 2.29. The normalized spacial score (nSPS) is 17.2. The van der Waals surface area contributed by atoms with Crippen LogP contribution in [0, 0.1) is 0 Å². The minimum absolute atomic E-state index is 0.572. The van der Waals surface area contributed by atoms with Crippen LogP contribution in [0.15, 0.2) is 18.2 Å². The van der Waals surface area contributed by atoms with Crippen LogP contribution >= 0.6 is 0 Å². The number of ether oxygens (including phenoxy) is 1. The van der Waals surface area contributed by atoms with Crippen molar-refractivity contribution in [3.63, 3.8) is 0 Å². The van der Waals surface area contributed by atoms with E-state index in [2.05, 4.69) is 25.1 Å². The van der Waals surface area contributed by atoms with E-state index in [1.165, 1.54) is 16.7 Å². The average molecular weight is 205 g/mol. The molecule has 82 valence electrons. The van der Waals surface area contributed by atoms with Gasteiger partial charge in [0, 0.05) is 0 Å². The van der Waals surface area contributed by atoms with E-state index in [0.29, 0.717) is 5.92 Å². The zero-order chi connectivity index (χ0) is 10.7. The maximum absolute atomic E-state index is 5.58. The number of benzene rings is 1. The summed E-state index contributed by atoms with van der Waals surface area (Å²) in [5.41, 5.74) is 9.81. The summed E-state index contributed by atoms with van der Waals surface area (Å²) in [4.78, 5) is 0. The first kappa shape index (κ1) is 10.7. The summed E-state index contributed by atoms with van der Waals surface area (Å²) in [6.45, 7) is 4.65. The molecule has 2 N–H and O–H groups in total. The highest BCUT2D eigenvalue weighted by Crippen LogP contribution is 2.24. The second kappa shape index (κ2) is 4.77. The van der Waals surface area contributed by atoms with Gasteiger partial charge in [-0.2, -0.15) is 0 Å². The monoisotopic (exact) mass is 205 g/mol. The van der Waals surface area contributed by atoms with Gasteiger partial charge in [0.15, 0.2) is 0 Å². The quantitative estimate of drug-likeness (QED) is 0.821. The summed E-state index contributed by atoms with van der Waals surface area (Å²) < 4.78 is 5.42. The van der Waals surface area contributed by atoms with Crippen LogP contribution in [0.4, 0.5) is 0 Å². The van der Waals surface area contributed by atoms with Crippen molar-refractivity contribution in [2.24, 2.45) is 5.73 Å². The van der Waals surface area contributed by atoms with Crippen molar-refractivity contribution in [2.75, 3.05) is 13.2 Å². The van der Waals surface area contributed by atoms with Gasteiger partial charge in [0.05, 0.1) is 13.2 Å². The first-order valence-electron chi connectivity index (χ1n) is 5.71. The van der Waals surface area contributed by atoms with Crippen molar-refractivity contribution in [2.45, 2.75) is 32.3 Å². The molecule has 0 saturated carbocycles. The van der Waals surface area contributed by atoms with Crippen LogP contribution in [0.1, 0.15) is 36.0 Å². The molecule has 0 aliphatic carbocycles. The smallest absolute Gasteiger partial charge is 0.0719 e. The second-order valence-corrected chi connectivity index (χ2v) is 4.31. The van der Waals surface area contributed by atoms with Crippen molar-refractivity contribution >= 4 is 0 Å². The molecule has 0 fully saturated rings. The topological polar surface area (TPSA) is 35.2 Å². The van der Waals surface area contributed by atoms with Gasteiger partial charge in [0.1, 0.15) is 0 Å². The molecule has 1 aliphatic rings. The Bertz CT molecular complexity index is 335. The standard InChI is InChI=1S/C13H19NO/c1-10(4-6-14)11-2-3-13-9-15-7-5-12(13)8-11/h2-3,8,10H,4-7,9,14H2,1H3. The molecule has 0 amide bonds. The lowest BCUT2D eigenvalue weighted by Gasteiger charge is -2.19. The predicted octanol–water partition coefficient (Wildman–Crippen LogP) is 2.21. The Labute approximate surface area is 91.4 Å². The van der Waals surface area contributed by atoms with Crippen LogP contribution < -0.4 is 5.73 Å². The Morgan fingerprint density at radius 1 is 1.40 bits per heavy atom. The maximum Gasteiger partial charge on any atom is 0.0719 e. The molecule has 0 aromatic heterocycles. The lowest BCUT2D eigenvalue weighted by Crippen LogP contribution is -2.11. The van der Waals surface area contributed by atoms with E-state index in [4.69, 9.17) is 10.5 Å². The van der Waals surface area contributed by atoms with E-state index in [0.717, 1.165) is 32.6 Å². The summed E-state index contributed by atoms with van der Waals surface area (Å²) in [7, 11) is 0. The molecule has 1 aromatic carbocycles. The third-order valence-corrected chi connectivity index (χ3v) is 3.17. The molecule has 15 heavy (non-hydrogen) atoms. The predicted molar refractivity (Wildman–Crippen MR) is 61.9 cm³/mol. The first-order chi connectivity index (χ1) is 7.31. The van der Waals surface area contributed by atoms with Crippen LogP contribution in [0.2, 0.25) is 0 Å². The number of hydrogen-bond acceptors (Lipinski definition) is 2. The van der Waals surface area contributed by atoms with E-state index in [9.17, 15) is 0 Å². The lowest BCUT2D eigenvalue weighted by molar-refractivity contribution is 0.110. The molecule has 0 bridgehead atoms. The Hall–Kier alpha value is -0.860. The number of fused-ring (bicyclic) bond motifs is 1. The number of rotatable bonds is 3. The minimum Gasteiger partial charge on any atom is -0.376 e. The number of hydrogen-bond donors (Lipinski definition) is 1. The summed E-state index contributed by atoms with van der Waals surface area (Å²) in [6, 6.07) is 6.75. The van der Waals surface area contributed by atoms with Gasteiger partial charge in [-0.25, -0.2) is 0 Å². The fourth-order valence-electron chi connectivity index (χ4n) is 2.11. The molecular weight excluding hydrogens is 186 g/mol. The van der Waals surface area contributed by atoms with Crippen LogP contribution in [-0.2, 0) is 17.8 Å². The van der Waals surface area contributed by atoms with Gasteiger partial charge in [-0.05, 0) is 42.0 Å². The summed E-state index contributed by atoms with van der Waals surface area (Å²) in [6.07, 6.45) is 2.12. The molecule has 1 aromatic rings. The zero-order valence-electron chi connectivity index (χ0n) is 9.33. The van der Waals surface area contributed by atoms with Crippen LogP contribution in [-0.4, -0.2) is 13.2 Å². The van der Waals surface area contributed by atoms with Crippen LogP contribution in [0.3, 0.4) is 0 Å². The zero-order valence-corrected chi connectivity index (χ0v) is 9.33. The Morgan fingerprint density at radius 2 is 2.27 bits per heavy atom. The fourth-order valence-corrected chi connectivity index (χ4v) is 2.11. The van der Waals surface area contributed by atoms with E-state index < -0.39 is 0 Å². The summed E-state index contributed by atoms with van der Waals surface area (Å²) in [5, 5.41) is 0. The van der Waals surface area contributed by atoms with E-state index in [1.54, 1.807) is 0 Å². The summed E-state index contributed by atoms with van der Waals surface area (Å²) >= 11 is 0. The van der Waals surface area contributed by atoms with Gasteiger partial charge in [-0.15, -0.1) is 0 Å². The van der Waals surface area contributed by atoms with Gasteiger partial charge in [0.2, 0.25) is 0 Å². The SMILES string of the molecule is CC(CCN)c1ccc2c(c1)CCOC2. The second-order valence-electron chi connectivity index (χ2n) is 4.31. The van der Waals surface area contributed by atoms with Crippen molar-refractivity contribution < 1.29 is 4.74 Å². The van der Waals surface area contributed by atoms with Crippen molar-refractivity contribution in [3.05, 3.63) is 34.9 Å². The third-order valence-electron chi connectivity index (χ3n) is 3.17. The Balaban J connectivity index is 2.20. The molecular formula is C13H19NO. The lowest BCUT2D eigenvalue weighted by atomic mass is 9.92. The maximum atomic E-state index is 5.58. The highest BCUT2D eigenvalue weighted by Gasteiger charge is 2.12. The van der Waals surface area contributed by atoms with Crippen LogP contribution in [0.25, 0.3) is 0 Å². The van der Waals surface area contributed by atoms with Crippen molar-refractivity contribution in [1.29, 1.82) is 0 Å². The highest BCUT2D eigenvalue weighted by atomic mass is 16.5. The molecule has 0 spiro atoms. The van der Waals surface area contributed by atoms with Gasteiger partial charge in [-0.3, -0.25) is 0 Å². The molecule has 1 atom stereocenters. The summed E-state index contributed by atoms with van der Waals surface area (Å²) in [5.74, 6) is 0.572. The number of nitrogens with two attached hydrogens (primary N) is 1. The molecule has 0 radical (unpaired) electrons. The van der Waals surface area contributed by atoms with Crippen molar-refractivity contribution in [1.82, 2.24) is 0 Å². The van der Waals surface area contributed by atoms with E-state index in [1.807, 2.05) is 0 Å². The molecule has 1 unspecified atom stereocenters. The van der Waals surface area contributed by atoms with Crippen LogP contribution in [0.5, 0.6) is 0 Å². The molecule has 2 rings (SSSR count). The van der Waals surface area contributed by atoms with Crippen molar-refractivity contribution in [3.8, 4) is 0 Å². The Morgan fingerprint density at radius 3 is 3.07 bits per heavy atom. The molecule has 2 nitrogen and oxygen atoms in total. The fraction of sp³-hybridized carbons (Fsp3) is 0.538. The first-order valence-corrected chi connectivity index (χ1v) is 5.71. The van der Waals surface area contributed by atoms with E-state index >= 15 is 0 Å². The minimum atomic E-state index is 0.572.